The standard InChI is InChI=1S/C21H19N5O4/c1-14-19(15(2)30-23-14)12-28-18-10-8-16(9-11-18)21(27)29-13-20-22-24-25-26(20)17-6-4-3-5-7-17/h3-11H,12-13H2,1-2H3. The molecule has 9 heteroatoms. The number of benzene rings is 2. The number of aryl methyl sites for hydroxylation is 2. The maximum atomic E-state index is 12.4. The van der Waals surface area contributed by atoms with Gasteiger partial charge in [-0.25, -0.2) is 4.79 Å². The molecule has 0 aliphatic rings. The van der Waals surface area contributed by atoms with Crippen LogP contribution >= 0.6 is 0 Å². The fourth-order valence-corrected chi connectivity index (χ4v) is 2.83. The van der Waals surface area contributed by atoms with Crippen LogP contribution in [0.1, 0.15) is 33.2 Å². The van der Waals surface area contributed by atoms with E-state index in [4.69, 9.17) is 14.0 Å². The van der Waals surface area contributed by atoms with Gasteiger partial charge in [-0.15, -0.1) is 5.10 Å². The quantitative estimate of drug-likeness (QED) is 0.432. The summed E-state index contributed by atoms with van der Waals surface area (Å²) < 4.78 is 17.8. The molecular formula is C21H19N5O4. The first-order valence-electron chi connectivity index (χ1n) is 9.26. The third-order valence-corrected chi connectivity index (χ3v) is 4.52. The highest BCUT2D eigenvalue weighted by Crippen LogP contribution is 2.18. The van der Waals surface area contributed by atoms with Gasteiger partial charge in [-0.05, 0) is 60.7 Å². The van der Waals surface area contributed by atoms with Crippen LogP contribution in [0, 0.1) is 13.8 Å². The summed E-state index contributed by atoms with van der Waals surface area (Å²) in [6.07, 6.45) is 0. The van der Waals surface area contributed by atoms with Gasteiger partial charge in [-0.2, -0.15) is 4.68 Å². The summed E-state index contributed by atoms with van der Waals surface area (Å²) in [5.41, 5.74) is 2.90. The largest absolute Gasteiger partial charge is 0.489 e. The Morgan fingerprint density at radius 2 is 1.80 bits per heavy atom. The Hall–Kier alpha value is -4.01. The van der Waals surface area contributed by atoms with Crippen molar-refractivity contribution in [3.8, 4) is 11.4 Å². The number of tetrazole rings is 1. The van der Waals surface area contributed by atoms with E-state index in [2.05, 4.69) is 20.7 Å². The van der Waals surface area contributed by atoms with E-state index in [0.29, 0.717) is 23.7 Å². The Labute approximate surface area is 172 Å². The van der Waals surface area contributed by atoms with Gasteiger partial charge in [-0.1, -0.05) is 23.4 Å². The van der Waals surface area contributed by atoms with E-state index in [0.717, 1.165) is 22.7 Å². The molecule has 152 valence electrons. The lowest BCUT2D eigenvalue weighted by Gasteiger charge is -2.08. The van der Waals surface area contributed by atoms with Crippen molar-refractivity contribution in [1.29, 1.82) is 0 Å². The molecule has 0 fully saturated rings. The molecular weight excluding hydrogens is 386 g/mol. The molecule has 0 aliphatic heterocycles. The number of hydrogen-bond donors (Lipinski definition) is 0. The summed E-state index contributed by atoms with van der Waals surface area (Å²) in [5, 5.41) is 15.4. The molecule has 0 unspecified atom stereocenters. The van der Waals surface area contributed by atoms with Crippen LogP contribution in [0.15, 0.2) is 59.1 Å². The molecule has 2 aromatic carbocycles. The Bertz CT molecular complexity index is 1120. The van der Waals surface area contributed by atoms with Gasteiger partial charge in [0.15, 0.2) is 12.4 Å². The minimum Gasteiger partial charge on any atom is -0.489 e. The van der Waals surface area contributed by atoms with E-state index >= 15 is 0 Å². The zero-order chi connectivity index (χ0) is 20.9. The van der Waals surface area contributed by atoms with Crippen LogP contribution in [0.3, 0.4) is 0 Å². The van der Waals surface area contributed by atoms with E-state index in [-0.39, 0.29) is 6.61 Å². The fourth-order valence-electron chi connectivity index (χ4n) is 2.83. The number of ether oxygens (including phenoxy) is 2. The van der Waals surface area contributed by atoms with Gasteiger partial charge in [0.25, 0.3) is 0 Å². The minimum absolute atomic E-state index is 0.0506. The molecule has 0 N–H and O–H groups in total. The molecule has 2 aromatic heterocycles. The molecule has 0 spiro atoms. The van der Waals surface area contributed by atoms with Crippen molar-refractivity contribution in [1.82, 2.24) is 25.4 Å². The highest BCUT2D eigenvalue weighted by atomic mass is 16.5. The third kappa shape index (κ3) is 4.19. The van der Waals surface area contributed by atoms with Crippen LogP contribution in [0.4, 0.5) is 0 Å². The molecule has 0 saturated carbocycles. The second-order valence-corrected chi connectivity index (χ2v) is 6.53. The summed E-state index contributed by atoms with van der Waals surface area (Å²) in [4.78, 5) is 12.4. The highest BCUT2D eigenvalue weighted by molar-refractivity contribution is 5.89. The van der Waals surface area contributed by atoms with Crippen molar-refractivity contribution in [2.75, 3.05) is 0 Å². The van der Waals surface area contributed by atoms with Gasteiger partial charge in [-0.3, -0.25) is 0 Å². The predicted molar refractivity (Wildman–Crippen MR) is 105 cm³/mol. The van der Waals surface area contributed by atoms with Gasteiger partial charge in [0.2, 0.25) is 0 Å². The van der Waals surface area contributed by atoms with Crippen molar-refractivity contribution in [2.45, 2.75) is 27.1 Å². The van der Waals surface area contributed by atoms with Gasteiger partial charge < -0.3 is 14.0 Å². The Kier molecular flexibility index (Phi) is 5.51. The Morgan fingerprint density at radius 1 is 1.03 bits per heavy atom. The number of para-hydroxylation sites is 1. The van der Waals surface area contributed by atoms with E-state index in [1.165, 1.54) is 4.68 Å². The molecule has 9 nitrogen and oxygen atoms in total. The highest BCUT2D eigenvalue weighted by Gasteiger charge is 2.13. The third-order valence-electron chi connectivity index (χ3n) is 4.52. The maximum absolute atomic E-state index is 12.4. The maximum Gasteiger partial charge on any atom is 0.338 e. The average Bonchev–Trinajstić information content (AvgIpc) is 3.38. The van der Waals surface area contributed by atoms with E-state index in [9.17, 15) is 4.79 Å². The lowest BCUT2D eigenvalue weighted by molar-refractivity contribution is 0.0459. The van der Waals surface area contributed by atoms with Crippen LogP contribution in [-0.4, -0.2) is 31.3 Å². The van der Waals surface area contributed by atoms with Crippen LogP contribution in [-0.2, 0) is 18.0 Å². The van der Waals surface area contributed by atoms with Crippen LogP contribution in [0.5, 0.6) is 5.75 Å². The topological polar surface area (TPSA) is 105 Å². The van der Waals surface area contributed by atoms with Gasteiger partial charge >= 0.3 is 5.97 Å². The van der Waals surface area contributed by atoms with Crippen molar-refractivity contribution in [3.63, 3.8) is 0 Å². The minimum atomic E-state index is -0.477. The van der Waals surface area contributed by atoms with E-state index in [1.54, 1.807) is 24.3 Å². The molecule has 0 bridgehead atoms. The van der Waals surface area contributed by atoms with Crippen LogP contribution in [0.2, 0.25) is 0 Å². The van der Waals surface area contributed by atoms with Crippen molar-refractivity contribution in [3.05, 3.63) is 83.0 Å². The Balaban J connectivity index is 1.35. The molecule has 0 radical (unpaired) electrons. The van der Waals surface area contributed by atoms with E-state index in [1.807, 2.05) is 44.2 Å². The first kappa shape index (κ1) is 19.3. The SMILES string of the molecule is Cc1noc(C)c1COc1ccc(C(=O)OCc2nnnn2-c2ccccc2)cc1. The normalized spacial score (nSPS) is 10.7. The molecule has 4 aromatic rings. The summed E-state index contributed by atoms with van der Waals surface area (Å²) >= 11 is 0. The predicted octanol–water partition coefficient (Wildman–Crippen LogP) is 3.20. The second-order valence-electron chi connectivity index (χ2n) is 6.53. The van der Waals surface area contributed by atoms with Gasteiger partial charge in [0, 0.05) is 0 Å². The fraction of sp³-hybridized carbons (Fsp3) is 0.190. The molecule has 4 rings (SSSR count). The summed E-state index contributed by atoms with van der Waals surface area (Å²) in [7, 11) is 0. The first-order chi connectivity index (χ1) is 14.6. The van der Waals surface area contributed by atoms with Crippen LogP contribution in [0.25, 0.3) is 5.69 Å². The van der Waals surface area contributed by atoms with Gasteiger partial charge in [0.1, 0.15) is 18.1 Å². The molecule has 30 heavy (non-hydrogen) atoms. The number of esters is 1. The summed E-state index contributed by atoms with van der Waals surface area (Å²) in [6, 6.07) is 16.1. The van der Waals surface area contributed by atoms with E-state index < -0.39 is 5.97 Å². The summed E-state index contributed by atoms with van der Waals surface area (Å²) in [6.45, 7) is 3.99. The van der Waals surface area contributed by atoms with Crippen LogP contribution < -0.4 is 4.74 Å². The molecule has 0 saturated heterocycles. The van der Waals surface area contributed by atoms with Crippen molar-refractivity contribution < 1.29 is 18.8 Å². The number of aromatic nitrogens is 5. The zero-order valence-corrected chi connectivity index (χ0v) is 16.5. The second kappa shape index (κ2) is 8.56. The number of rotatable bonds is 7. The summed E-state index contributed by atoms with van der Waals surface area (Å²) in [5.74, 6) is 1.30. The molecule has 2 heterocycles. The van der Waals surface area contributed by atoms with Crippen molar-refractivity contribution >= 4 is 5.97 Å². The zero-order valence-electron chi connectivity index (χ0n) is 16.5. The molecule has 0 aliphatic carbocycles. The lowest BCUT2D eigenvalue weighted by Crippen LogP contribution is -2.10. The average molecular weight is 405 g/mol. The van der Waals surface area contributed by atoms with Crippen molar-refractivity contribution in [2.24, 2.45) is 0 Å². The number of carbonyl (C=O) groups is 1. The number of nitrogens with zero attached hydrogens (tertiary/aromatic N) is 5. The lowest BCUT2D eigenvalue weighted by atomic mass is 10.2. The Morgan fingerprint density at radius 3 is 2.50 bits per heavy atom. The first-order valence-corrected chi connectivity index (χ1v) is 9.26. The smallest absolute Gasteiger partial charge is 0.338 e. The number of carbonyl (C=O) groups excluding carboxylic acids is 1. The number of hydrogen-bond acceptors (Lipinski definition) is 8. The van der Waals surface area contributed by atoms with Gasteiger partial charge in [0.05, 0.1) is 22.5 Å². The monoisotopic (exact) mass is 405 g/mol. The molecule has 0 atom stereocenters. The molecule has 0 amide bonds.